The SMILES string of the molecule is CCn1c(=O)[nH]c2cc(C(=O)Nc3cc(F)ccc3N3CCCCC3)ccc2c1=O. The van der Waals surface area contributed by atoms with Crippen molar-refractivity contribution < 1.29 is 9.18 Å². The summed E-state index contributed by atoms with van der Waals surface area (Å²) in [4.78, 5) is 42.1. The Morgan fingerprint density at radius 3 is 2.60 bits per heavy atom. The van der Waals surface area contributed by atoms with Gasteiger partial charge in [-0.15, -0.1) is 0 Å². The first-order valence-electron chi connectivity index (χ1n) is 10.1. The highest BCUT2D eigenvalue weighted by atomic mass is 19.1. The molecule has 2 aromatic carbocycles. The Morgan fingerprint density at radius 1 is 1.10 bits per heavy atom. The van der Waals surface area contributed by atoms with Gasteiger partial charge in [0, 0.05) is 25.2 Å². The Hall–Kier alpha value is -3.42. The molecule has 7 nitrogen and oxygen atoms in total. The van der Waals surface area contributed by atoms with Crippen LogP contribution >= 0.6 is 0 Å². The summed E-state index contributed by atoms with van der Waals surface area (Å²) in [7, 11) is 0. The summed E-state index contributed by atoms with van der Waals surface area (Å²) < 4.78 is 15.0. The number of aromatic amines is 1. The zero-order valence-corrected chi connectivity index (χ0v) is 16.7. The fourth-order valence-electron chi connectivity index (χ4n) is 3.90. The normalized spacial score (nSPS) is 14.1. The molecule has 1 aliphatic heterocycles. The van der Waals surface area contributed by atoms with Gasteiger partial charge in [0.15, 0.2) is 0 Å². The number of carbonyl (C=O) groups excluding carboxylic acids is 1. The molecule has 1 aliphatic rings. The van der Waals surface area contributed by atoms with E-state index < -0.39 is 23.0 Å². The van der Waals surface area contributed by atoms with Crippen LogP contribution in [-0.4, -0.2) is 28.5 Å². The average molecular weight is 410 g/mol. The number of nitrogens with one attached hydrogen (secondary N) is 2. The number of amides is 1. The summed E-state index contributed by atoms with van der Waals surface area (Å²) in [5.74, 6) is -0.879. The first kappa shape index (κ1) is 19.9. The molecule has 8 heteroatoms. The molecule has 0 unspecified atom stereocenters. The summed E-state index contributed by atoms with van der Waals surface area (Å²) in [6, 6.07) is 8.89. The Morgan fingerprint density at radius 2 is 1.87 bits per heavy atom. The highest BCUT2D eigenvalue weighted by Gasteiger charge is 2.18. The molecule has 1 amide bonds. The van der Waals surface area contributed by atoms with Crippen molar-refractivity contribution in [3.8, 4) is 0 Å². The Kier molecular flexibility index (Phi) is 5.39. The second-order valence-corrected chi connectivity index (χ2v) is 7.40. The molecular weight excluding hydrogens is 387 g/mol. The summed E-state index contributed by atoms with van der Waals surface area (Å²) >= 11 is 0. The van der Waals surface area contributed by atoms with Gasteiger partial charge in [0.25, 0.3) is 11.5 Å². The number of aromatic nitrogens is 2. The number of halogens is 1. The molecule has 30 heavy (non-hydrogen) atoms. The maximum absolute atomic E-state index is 13.9. The lowest BCUT2D eigenvalue weighted by molar-refractivity contribution is 0.102. The Labute approximate surface area is 172 Å². The quantitative estimate of drug-likeness (QED) is 0.692. The highest BCUT2D eigenvalue weighted by Crippen LogP contribution is 2.30. The smallest absolute Gasteiger partial charge is 0.328 e. The van der Waals surface area contributed by atoms with Gasteiger partial charge in [-0.05, 0) is 62.6 Å². The fraction of sp³-hybridized carbons (Fsp3) is 0.318. The van der Waals surface area contributed by atoms with Crippen LogP contribution in [0.4, 0.5) is 15.8 Å². The second-order valence-electron chi connectivity index (χ2n) is 7.40. The molecule has 1 fully saturated rings. The van der Waals surface area contributed by atoms with Crippen molar-refractivity contribution >= 4 is 28.2 Å². The maximum Gasteiger partial charge on any atom is 0.328 e. The standard InChI is InChI=1S/C22H23FN4O3/c1-2-27-21(29)16-8-6-14(12-17(16)25-22(27)30)20(28)24-18-13-15(23)7-9-19(18)26-10-4-3-5-11-26/h6-9,12-13H,2-5,10-11H2,1H3,(H,24,28)(H,25,30). The molecule has 2 N–H and O–H groups in total. The van der Waals surface area contributed by atoms with E-state index in [9.17, 15) is 18.8 Å². The molecule has 0 radical (unpaired) electrons. The van der Waals surface area contributed by atoms with E-state index in [2.05, 4.69) is 15.2 Å². The molecule has 1 aromatic heterocycles. The van der Waals surface area contributed by atoms with Crippen molar-refractivity contribution in [3.63, 3.8) is 0 Å². The van der Waals surface area contributed by atoms with Crippen LogP contribution in [-0.2, 0) is 6.54 Å². The molecule has 0 bridgehead atoms. The number of hydrogen-bond donors (Lipinski definition) is 2. The van der Waals surface area contributed by atoms with Crippen LogP contribution in [0.1, 0.15) is 36.5 Å². The minimum Gasteiger partial charge on any atom is -0.370 e. The van der Waals surface area contributed by atoms with Crippen LogP contribution in [0.3, 0.4) is 0 Å². The minimum atomic E-state index is -0.523. The van der Waals surface area contributed by atoms with Gasteiger partial charge in [-0.2, -0.15) is 0 Å². The monoisotopic (exact) mass is 410 g/mol. The third kappa shape index (κ3) is 3.72. The maximum atomic E-state index is 13.9. The number of benzene rings is 2. The van der Waals surface area contributed by atoms with E-state index in [4.69, 9.17) is 0 Å². The Balaban J connectivity index is 1.67. The number of piperidine rings is 1. The third-order valence-corrected chi connectivity index (χ3v) is 5.46. The van der Waals surface area contributed by atoms with Crippen molar-refractivity contribution in [2.24, 2.45) is 0 Å². The molecule has 2 heterocycles. The topological polar surface area (TPSA) is 87.2 Å². The fourth-order valence-corrected chi connectivity index (χ4v) is 3.90. The van der Waals surface area contributed by atoms with Crippen LogP contribution in [0.2, 0.25) is 0 Å². The number of carbonyl (C=O) groups is 1. The van der Waals surface area contributed by atoms with Gasteiger partial charge < -0.3 is 15.2 Å². The number of rotatable bonds is 4. The lowest BCUT2D eigenvalue weighted by atomic mass is 10.1. The van der Waals surface area contributed by atoms with Crippen molar-refractivity contribution in [1.29, 1.82) is 0 Å². The molecule has 0 spiro atoms. The molecule has 0 aliphatic carbocycles. The van der Waals surface area contributed by atoms with E-state index in [1.54, 1.807) is 13.0 Å². The van der Waals surface area contributed by atoms with Gasteiger partial charge in [0.05, 0.1) is 22.3 Å². The van der Waals surface area contributed by atoms with Crippen molar-refractivity contribution in [3.05, 3.63) is 68.6 Å². The van der Waals surface area contributed by atoms with E-state index in [0.29, 0.717) is 11.1 Å². The summed E-state index contributed by atoms with van der Waals surface area (Å²) in [6.07, 6.45) is 3.27. The molecule has 1 saturated heterocycles. The van der Waals surface area contributed by atoms with Gasteiger partial charge >= 0.3 is 5.69 Å². The van der Waals surface area contributed by atoms with E-state index in [0.717, 1.165) is 42.6 Å². The minimum absolute atomic E-state index is 0.255. The lowest BCUT2D eigenvalue weighted by Gasteiger charge is -2.30. The summed E-state index contributed by atoms with van der Waals surface area (Å²) in [5, 5.41) is 3.11. The van der Waals surface area contributed by atoms with Crippen LogP contribution in [0, 0.1) is 5.82 Å². The summed E-state index contributed by atoms with van der Waals surface area (Å²) in [6.45, 7) is 3.68. The molecule has 0 atom stereocenters. The van der Waals surface area contributed by atoms with E-state index in [-0.39, 0.29) is 17.6 Å². The zero-order valence-electron chi connectivity index (χ0n) is 16.7. The van der Waals surface area contributed by atoms with Crippen molar-refractivity contribution in [2.75, 3.05) is 23.3 Å². The van der Waals surface area contributed by atoms with Crippen LogP contribution in [0.5, 0.6) is 0 Å². The van der Waals surface area contributed by atoms with Crippen LogP contribution < -0.4 is 21.5 Å². The molecular formula is C22H23FN4O3. The zero-order chi connectivity index (χ0) is 21.3. The number of anilines is 2. The van der Waals surface area contributed by atoms with Gasteiger partial charge in [-0.1, -0.05) is 0 Å². The largest absolute Gasteiger partial charge is 0.370 e. The predicted molar refractivity (Wildman–Crippen MR) is 115 cm³/mol. The Bertz CT molecular complexity index is 1230. The molecule has 4 rings (SSSR count). The van der Waals surface area contributed by atoms with Gasteiger partial charge in [0.1, 0.15) is 5.82 Å². The first-order chi connectivity index (χ1) is 14.5. The van der Waals surface area contributed by atoms with Crippen LogP contribution in [0.15, 0.2) is 46.0 Å². The van der Waals surface area contributed by atoms with Crippen molar-refractivity contribution in [1.82, 2.24) is 9.55 Å². The second kappa shape index (κ2) is 8.14. The molecule has 0 saturated carbocycles. The van der Waals surface area contributed by atoms with Crippen molar-refractivity contribution in [2.45, 2.75) is 32.7 Å². The number of nitrogens with zero attached hydrogens (tertiary/aromatic N) is 2. The van der Waals surface area contributed by atoms with E-state index in [1.165, 1.54) is 30.3 Å². The number of fused-ring (bicyclic) bond motifs is 1. The highest BCUT2D eigenvalue weighted by molar-refractivity contribution is 6.07. The van der Waals surface area contributed by atoms with Crippen LogP contribution in [0.25, 0.3) is 10.9 Å². The van der Waals surface area contributed by atoms with E-state index in [1.807, 2.05) is 0 Å². The van der Waals surface area contributed by atoms with E-state index >= 15 is 0 Å². The molecule has 3 aromatic rings. The number of hydrogen-bond acceptors (Lipinski definition) is 4. The lowest BCUT2D eigenvalue weighted by Crippen LogP contribution is -2.34. The van der Waals surface area contributed by atoms with Gasteiger partial charge in [-0.3, -0.25) is 14.2 Å². The third-order valence-electron chi connectivity index (χ3n) is 5.46. The number of H-pyrrole nitrogens is 1. The molecule has 156 valence electrons. The first-order valence-corrected chi connectivity index (χ1v) is 10.1. The van der Waals surface area contributed by atoms with Gasteiger partial charge in [-0.25, -0.2) is 9.18 Å². The summed E-state index contributed by atoms with van der Waals surface area (Å²) in [5.41, 5.74) is 0.811. The predicted octanol–water partition coefficient (Wildman–Crippen LogP) is 3.09. The average Bonchev–Trinajstić information content (AvgIpc) is 2.74. The van der Waals surface area contributed by atoms with Gasteiger partial charge in [0.2, 0.25) is 0 Å².